The average Bonchev–Trinajstić information content (AvgIpc) is 2.76. The third-order valence-electron chi connectivity index (χ3n) is 4.22. The Morgan fingerprint density at radius 2 is 1.69 bits per heavy atom. The van der Waals surface area contributed by atoms with Gasteiger partial charge in [-0.1, -0.05) is 30.3 Å². The van der Waals surface area contributed by atoms with E-state index in [0.29, 0.717) is 28.6 Å². The first-order valence-electron chi connectivity index (χ1n) is 8.88. The van der Waals surface area contributed by atoms with E-state index in [1.807, 2.05) is 42.5 Å². The quantitative estimate of drug-likeness (QED) is 0.468. The highest BCUT2D eigenvalue weighted by Crippen LogP contribution is 2.38. The molecular weight excluding hydrogens is 372 g/mol. The molecule has 0 aliphatic heterocycles. The van der Waals surface area contributed by atoms with Crippen LogP contribution in [0.1, 0.15) is 5.56 Å². The maximum Gasteiger partial charge on any atom is 0.277 e. The smallest absolute Gasteiger partial charge is 0.277 e. The predicted octanol–water partition coefficient (Wildman–Crippen LogP) is 3.39. The van der Waals surface area contributed by atoms with E-state index in [0.717, 1.165) is 10.8 Å². The molecule has 0 spiro atoms. The topological polar surface area (TPSA) is 78.4 Å². The number of carbonyl (C=O) groups excluding carboxylic acids is 1. The Bertz CT molecular complexity index is 1030. The van der Waals surface area contributed by atoms with Crippen LogP contribution < -0.4 is 24.4 Å². The molecular formula is C22H22N2O5. The lowest BCUT2D eigenvalue weighted by molar-refractivity contribution is -0.123. The number of ether oxygens (including phenoxy) is 4. The Morgan fingerprint density at radius 1 is 0.931 bits per heavy atom. The number of hydrogen-bond acceptors (Lipinski definition) is 6. The van der Waals surface area contributed by atoms with Gasteiger partial charge in [-0.25, -0.2) is 5.43 Å². The van der Waals surface area contributed by atoms with Crippen molar-refractivity contribution in [3.8, 4) is 23.0 Å². The molecule has 0 saturated carbocycles. The summed E-state index contributed by atoms with van der Waals surface area (Å²) < 4.78 is 21.5. The number of carbonyl (C=O) groups is 1. The SMILES string of the molecule is COc1ccc(C=NNC(=O)COc2ccc3ccccc3c2)c(OC)c1OC. The molecule has 3 rings (SSSR count). The Balaban J connectivity index is 1.60. The molecule has 0 aromatic heterocycles. The van der Waals surface area contributed by atoms with Crippen molar-refractivity contribution in [1.29, 1.82) is 0 Å². The molecule has 150 valence electrons. The second kappa shape index (κ2) is 9.45. The second-order valence-electron chi connectivity index (χ2n) is 6.01. The predicted molar refractivity (Wildman–Crippen MR) is 111 cm³/mol. The van der Waals surface area contributed by atoms with E-state index in [2.05, 4.69) is 10.5 Å². The zero-order valence-corrected chi connectivity index (χ0v) is 16.5. The molecule has 0 radical (unpaired) electrons. The van der Waals surface area contributed by atoms with Gasteiger partial charge in [-0.05, 0) is 35.0 Å². The number of hydrazone groups is 1. The number of nitrogens with one attached hydrogen (secondary N) is 1. The number of amides is 1. The third-order valence-corrected chi connectivity index (χ3v) is 4.22. The fraction of sp³-hybridized carbons (Fsp3) is 0.182. The van der Waals surface area contributed by atoms with Crippen molar-refractivity contribution < 1.29 is 23.7 Å². The van der Waals surface area contributed by atoms with E-state index in [1.165, 1.54) is 20.4 Å². The minimum absolute atomic E-state index is 0.154. The van der Waals surface area contributed by atoms with Crippen molar-refractivity contribution in [3.05, 3.63) is 60.2 Å². The van der Waals surface area contributed by atoms with E-state index in [4.69, 9.17) is 18.9 Å². The van der Waals surface area contributed by atoms with Crippen LogP contribution in [0, 0.1) is 0 Å². The van der Waals surface area contributed by atoms with Crippen LogP contribution in [-0.2, 0) is 4.79 Å². The second-order valence-corrected chi connectivity index (χ2v) is 6.01. The zero-order valence-electron chi connectivity index (χ0n) is 16.5. The van der Waals surface area contributed by atoms with E-state index in [-0.39, 0.29) is 12.5 Å². The van der Waals surface area contributed by atoms with Crippen molar-refractivity contribution in [1.82, 2.24) is 5.43 Å². The van der Waals surface area contributed by atoms with Crippen LogP contribution in [0.15, 0.2) is 59.7 Å². The molecule has 0 aliphatic rings. The fourth-order valence-electron chi connectivity index (χ4n) is 2.84. The summed E-state index contributed by atoms with van der Waals surface area (Å²) >= 11 is 0. The lowest BCUT2D eigenvalue weighted by Crippen LogP contribution is -2.24. The number of methoxy groups -OCH3 is 3. The number of rotatable bonds is 8. The van der Waals surface area contributed by atoms with Gasteiger partial charge in [0.05, 0.1) is 27.5 Å². The van der Waals surface area contributed by atoms with Gasteiger partial charge in [0.1, 0.15) is 5.75 Å². The van der Waals surface area contributed by atoms with Gasteiger partial charge in [0.15, 0.2) is 18.1 Å². The third kappa shape index (κ3) is 4.76. The summed E-state index contributed by atoms with van der Waals surface area (Å²) in [6, 6.07) is 17.1. The number of hydrogen-bond donors (Lipinski definition) is 1. The van der Waals surface area contributed by atoms with E-state index >= 15 is 0 Å². The summed E-state index contributed by atoms with van der Waals surface area (Å²) in [4.78, 5) is 12.0. The highest BCUT2D eigenvalue weighted by atomic mass is 16.5. The molecule has 1 amide bonds. The molecule has 0 bridgehead atoms. The van der Waals surface area contributed by atoms with Crippen molar-refractivity contribution in [2.45, 2.75) is 0 Å². The summed E-state index contributed by atoms with van der Waals surface area (Å²) in [6.45, 7) is -0.154. The van der Waals surface area contributed by atoms with Crippen LogP contribution in [-0.4, -0.2) is 40.1 Å². The van der Waals surface area contributed by atoms with Crippen LogP contribution >= 0.6 is 0 Å². The zero-order chi connectivity index (χ0) is 20.6. The highest BCUT2D eigenvalue weighted by Gasteiger charge is 2.14. The molecule has 0 unspecified atom stereocenters. The van der Waals surface area contributed by atoms with Crippen molar-refractivity contribution >= 4 is 22.9 Å². The van der Waals surface area contributed by atoms with Gasteiger partial charge in [-0.3, -0.25) is 4.79 Å². The maximum atomic E-state index is 12.0. The molecule has 1 N–H and O–H groups in total. The lowest BCUT2D eigenvalue weighted by Gasteiger charge is -2.13. The summed E-state index contributed by atoms with van der Waals surface area (Å²) in [5, 5.41) is 6.12. The molecule has 3 aromatic carbocycles. The van der Waals surface area contributed by atoms with Crippen molar-refractivity contribution in [3.63, 3.8) is 0 Å². The van der Waals surface area contributed by atoms with Gasteiger partial charge in [0.2, 0.25) is 5.75 Å². The normalized spacial score (nSPS) is 10.7. The van der Waals surface area contributed by atoms with Gasteiger partial charge >= 0.3 is 0 Å². The number of fused-ring (bicyclic) bond motifs is 1. The van der Waals surface area contributed by atoms with Crippen LogP contribution in [0.3, 0.4) is 0 Å². The van der Waals surface area contributed by atoms with Crippen LogP contribution in [0.4, 0.5) is 0 Å². The van der Waals surface area contributed by atoms with Crippen LogP contribution in [0.2, 0.25) is 0 Å². The molecule has 7 nitrogen and oxygen atoms in total. The number of nitrogens with zero attached hydrogens (tertiary/aromatic N) is 1. The van der Waals surface area contributed by atoms with Gasteiger partial charge in [-0.15, -0.1) is 0 Å². The Morgan fingerprint density at radius 3 is 2.41 bits per heavy atom. The van der Waals surface area contributed by atoms with Crippen LogP contribution in [0.25, 0.3) is 10.8 Å². The Kier molecular flexibility index (Phi) is 6.52. The summed E-state index contributed by atoms with van der Waals surface area (Å²) in [5.74, 6) is 1.68. The molecule has 0 atom stereocenters. The average molecular weight is 394 g/mol. The molecule has 7 heteroatoms. The van der Waals surface area contributed by atoms with Crippen molar-refractivity contribution in [2.75, 3.05) is 27.9 Å². The fourth-order valence-corrected chi connectivity index (χ4v) is 2.84. The number of benzene rings is 3. The Labute approximate surface area is 168 Å². The minimum Gasteiger partial charge on any atom is -0.493 e. The first-order chi connectivity index (χ1) is 14.2. The molecule has 3 aromatic rings. The largest absolute Gasteiger partial charge is 0.493 e. The minimum atomic E-state index is -0.381. The van der Waals surface area contributed by atoms with Gasteiger partial charge in [-0.2, -0.15) is 5.10 Å². The van der Waals surface area contributed by atoms with E-state index in [1.54, 1.807) is 19.2 Å². The van der Waals surface area contributed by atoms with E-state index in [9.17, 15) is 4.79 Å². The molecule has 0 fully saturated rings. The van der Waals surface area contributed by atoms with Crippen molar-refractivity contribution in [2.24, 2.45) is 5.10 Å². The molecule has 0 heterocycles. The van der Waals surface area contributed by atoms with Crippen LogP contribution in [0.5, 0.6) is 23.0 Å². The van der Waals surface area contributed by atoms with Gasteiger partial charge in [0, 0.05) is 5.56 Å². The van der Waals surface area contributed by atoms with Gasteiger partial charge in [0.25, 0.3) is 5.91 Å². The summed E-state index contributed by atoms with van der Waals surface area (Å²) in [5.41, 5.74) is 3.06. The molecule has 29 heavy (non-hydrogen) atoms. The first kappa shape index (κ1) is 20.0. The standard InChI is InChI=1S/C22H22N2O5/c1-26-19-11-9-17(21(27-2)22(19)28-3)13-23-24-20(25)14-29-18-10-8-15-6-4-5-7-16(15)12-18/h4-13H,14H2,1-3H3,(H,24,25). The summed E-state index contributed by atoms with van der Waals surface area (Å²) in [7, 11) is 4.58. The first-order valence-corrected chi connectivity index (χ1v) is 8.88. The highest BCUT2D eigenvalue weighted by molar-refractivity contribution is 5.88. The van der Waals surface area contributed by atoms with E-state index < -0.39 is 0 Å². The maximum absolute atomic E-state index is 12.0. The molecule has 0 aliphatic carbocycles. The monoisotopic (exact) mass is 394 g/mol. The lowest BCUT2D eigenvalue weighted by atomic mass is 10.1. The molecule has 0 saturated heterocycles. The Hall–Kier alpha value is -3.74. The van der Waals surface area contributed by atoms with Gasteiger partial charge < -0.3 is 18.9 Å². The summed E-state index contributed by atoms with van der Waals surface area (Å²) in [6.07, 6.45) is 1.47.